The second-order valence-electron chi connectivity index (χ2n) is 4.19. The number of nitrogens with one attached hydrogen (secondary N) is 1. The largest absolute Gasteiger partial charge is 0.325 e. The maximum Gasteiger partial charge on any atom is 0.226 e. The molecule has 0 aliphatic carbocycles. The van der Waals surface area contributed by atoms with Crippen LogP contribution in [0.2, 0.25) is 0 Å². The zero-order valence-electron chi connectivity index (χ0n) is 9.70. The third-order valence-electron chi connectivity index (χ3n) is 2.50. The maximum atomic E-state index is 13.4. The van der Waals surface area contributed by atoms with Gasteiger partial charge in [-0.1, -0.05) is 13.8 Å². The zero-order chi connectivity index (χ0) is 12.4. The summed E-state index contributed by atoms with van der Waals surface area (Å²) < 4.78 is 13.4. The molecule has 2 rings (SSSR count). The Balaban J connectivity index is 2.49. The van der Waals surface area contributed by atoms with Crippen molar-refractivity contribution in [2.45, 2.75) is 13.8 Å². The number of fused-ring (bicyclic) bond motifs is 1. The summed E-state index contributed by atoms with van der Waals surface area (Å²) >= 11 is 0. The molecule has 2 aromatic rings. The Bertz CT molecular complexity index is 566. The van der Waals surface area contributed by atoms with Gasteiger partial charge in [-0.2, -0.15) is 0 Å². The Morgan fingerprint density at radius 3 is 2.88 bits per heavy atom. The van der Waals surface area contributed by atoms with E-state index < -0.39 is 0 Å². The van der Waals surface area contributed by atoms with Gasteiger partial charge in [0, 0.05) is 29.1 Å². The summed E-state index contributed by atoms with van der Waals surface area (Å²) in [5.41, 5.74) is 0.487. The third kappa shape index (κ3) is 2.41. The van der Waals surface area contributed by atoms with E-state index in [0.29, 0.717) is 11.1 Å². The summed E-state index contributed by atoms with van der Waals surface area (Å²) in [6, 6.07) is 4.47. The average Bonchev–Trinajstić information content (AvgIpc) is 2.28. The predicted molar refractivity (Wildman–Crippen MR) is 65.2 cm³/mol. The summed E-state index contributed by atoms with van der Waals surface area (Å²) in [4.78, 5) is 15.5. The molecule has 17 heavy (non-hydrogen) atoms. The first-order valence-corrected chi connectivity index (χ1v) is 5.42. The van der Waals surface area contributed by atoms with Gasteiger partial charge in [0.15, 0.2) is 0 Å². The second kappa shape index (κ2) is 4.49. The Morgan fingerprint density at radius 2 is 2.18 bits per heavy atom. The first kappa shape index (κ1) is 11.5. The third-order valence-corrected chi connectivity index (χ3v) is 2.50. The predicted octanol–water partition coefficient (Wildman–Crippen LogP) is 2.97. The Labute approximate surface area is 98.7 Å². The van der Waals surface area contributed by atoms with Crippen LogP contribution in [-0.2, 0) is 4.79 Å². The van der Waals surface area contributed by atoms with Crippen molar-refractivity contribution in [3.63, 3.8) is 0 Å². The van der Waals surface area contributed by atoms with Crippen molar-refractivity contribution in [1.82, 2.24) is 4.98 Å². The Hall–Kier alpha value is -1.97. The van der Waals surface area contributed by atoms with E-state index in [0.717, 1.165) is 5.39 Å². The molecule has 0 atom stereocenters. The average molecular weight is 232 g/mol. The van der Waals surface area contributed by atoms with Crippen LogP contribution < -0.4 is 5.32 Å². The molecule has 0 saturated carbocycles. The summed E-state index contributed by atoms with van der Waals surface area (Å²) in [5.74, 6) is -0.659. The van der Waals surface area contributed by atoms with Crippen molar-refractivity contribution in [2.75, 3.05) is 5.32 Å². The van der Waals surface area contributed by atoms with E-state index in [9.17, 15) is 9.18 Å². The van der Waals surface area contributed by atoms with Crippen LogP contribution in [-0.4, -0.2) is 10.9 Å². The minimum Gasteiger partial charge on any atom is -0.325 e. The van der Waals surface area contributed by atoms with Crippen molar-refractivity contribution in [3.8, 4) is 0 Å². The van der Waals surface area contributed by atoms with Gasteiger partial charge in [0.05, 0.1) is 5.69 Å². The molecule has 1 heterocycles. The molecule has 1 amide bonds. The van der Waals surface area contributed by atoms with Crippen LogP contribution in [0, 0.1) is 11.7 Å². The fourth-order valence-corrected chi connectivity index (χ4v) is 1.55. The first-order chi connectivity index (χ1) is 8.08. The fraction of sp³-hybridized carbons (Fsp3) is 0.231. The van der Waals surface area contributed by atoms with Crippen LogP contribution in [0.5, 0.6) is 0 Å². The minimum atomic E-state index is -0.385. The van der Waals surface area contributed by atoms with E-state index in [1.54, 1.807) is 32.3 Å². The van der Waals surface area contributed by atoms with Crippen LogP contribution in [0.3, 0.4) is 0 Å². The summed E-state index contributed by atoms with van der Waals surface area (Å²) in [6.07, 6.45) is 3.19. The van der Waals surface area contributed by atoms with Gasteiger partial charge in [0.1, 0.15) is 5.82 Å². The monoisotopic (exact) mass is 232 g/mol. The quantitative estimate of drug-likeness (QED) is 0.864. The summed E-state index contributed by atoms with van der Waals surface area (Å²) in [5, 5.41) is 4.18. The van der Waals surface area contributed by atoms with Gasteiger partial charge < -0.3 is 5.32 Å². The van der Waals surface area contributed by atoms with Crippen molar-refractivity contribution in [1.29, 1.82) is 0 Å². The lowest BCUT2D eigenvalue weighted by Gasteiger charge is -2.10. The number of anilines is 1. The first-order valence-electron chi connectivity index (χ1n) is 5.42. The zero-order valence-corrected chi connectivity index (χ0v) is 9.70. The molecular weight excluding hydrogens is 219 g/mol. The molecule has 0 aliphatic rings. The molecule has 0 aliphatic heterocycles. The van der Waals surface area contributed by atoms with Crippen molar-refractivity contribution in [3.05, 3.63) is 36.4 Å². The van der Waals surface area contributed by atoms with Gasteiger partial charge in [0.2, 0.25) is 5.91 Å². The van der Waals surface area contributed by atoms with Crippen LogP contribution in [0.15, 0.2) is 30.6 Å². The van der Waals surface area contributed by atoms with Crippen LogP contribution in [0.1, 0.15) is 13.8 Å². The SMILES string of the molecule is CC(C)C(=O)Nc1cc(F)cc2cnccc12. The number of hydrogen-bond acceptors (Lipinski definition) is 2. The van der Waals surface area contributed by atoms with Gasteiger partial charge >= 0.3 is 0 Å². The lowest BCUT2D eigenvalue weighted by Crippen LogP contribution is -2.18. The highest BCUT2D eigenvalue weighted by molar-refractivity contribution is 6.02. The molecule has 0 fully saturated rings. The van der Waals surface area contributed by atoms with Gasteiger partial charge in [-0.25, -0.2) is 4.39 Å². The molecule has 3 nitrogen and oxygen atoms in total. The molecule has 0 bridgehead atoms. The van der Waals surface area contributed by atoms with Crippen LogP contribution in [0.25, 0.3) is 10.8 Å². The number of rotatable bonds is 2. The molecule has 88 valence electrons. The summed E-state index contributed by atoms with van der Waals surface area (Å²) in [6.45, 7) is 3.58. The molecule has 0 saturated heterocycles. The van der Waals surface area contributed by atoms with E-state index in [4.69, 9.17) is 0 Å². The van der Waals surface area contributed by atoms with Gasteiger partial charge in [-0.15, -0.1) is 0 Å². The molecule has 4 heteroatoms. The van der Waals surface area contributed by atoms with Crippen molar-refractivity contribution in [2.24, 2.45) is 5.92 Å². The normalized spacial score (nSPS) is 10.8. The summed E-state index contributed by atoms with van der Waals surface area (Å²) in [7, 11) is 0. The molecule has 0 radical (unpaired) electrons. The number of carbonyl (C=O) groups excluding carboxylic acids is 1. The van der Waals surface area contributed by atoms with Crippen LogP contribution in [0.4, 0.5) is 10.1 Å². The van der Waals surface area contributed by atoms with E-state index in [-0.39, 0.29) is 17.6 Å². The smallest absolute Gasteiger partial charge is 0.226 e. The number of pyridine rings is 1. The highest BCUT2D eigenvalue weighted by Crippen LogP contribution is 2.24. The number of amides is 1. The number of hydrogen-bond donors (Lipinski definition) is 1. The second-order valence-corrected chi connectivity index (χ2v) is 4.19. The van der Waals surface area contributed by atoms with Crippen molar-refractivity contribution < 1.29 is 9.18 Å². The molecule has 1 aromatic heterocycles. The van der Waals surface area contributed by atoms with Gasteiger partial charge in [-0.3, -0.25) is 9.78 Å². The van der Waals surface area contributed by atoms with E-state index >= 15 is 0 Å². The topological polar surface area (TPSA) is 42.0 Å². The fourth-order valence-electron chi connectivity index (χ4n) is 1.55. The van der Waals surface area contributed by atoms with E-state index in [2.05, 4.69) is 10.3 Å². The number of benzene rings is 1. The standard InChI is InChI=1S/C13H13FN2O/c1-8(2)13(17)16-12-6-10(14)5-9-7-15-4-3-11(9)12/h3-8H,1-2H3,(H,16,17). The number of halogens is 1. The lowest BCUT2D eigenvalue weighted by atomic mass is 10.1. The molecule has 1 aromatic carbocycles. The van der Waals surface area contributed by atoms with E-state index in [1.165, 1.54) is 12.1 Å². The highest BCUT2D eigenvalue weighted by Gasteiger charge is 2.10. The minimum absolute atomic E-state index is 0.131. The Morgan fingerprint density at radius 1 is 1.41 bits per heavy atom. The Kier molecular flexibility index (Phi) is 3.04. The number of aromatic nitrogens is 1. The van der Waals surface area contributed by atoms with Gasteiger partial charge in [0.25, 0.3) is 0 Å². The maximum absolute atomic E-state index is 13.4. The van der Waals surface area contributed by atoms with E-state index in [1.807, 2.05) is 0 Å². The molecule has 1 N–H and O–H groups in total. The highest BCUT2D eigenvalue weighted by atomic mass is 19.1. The molecular formula is C13H13FN2O. The number of carbonyl (C=O) groups is 1. The van der Waals surface area contributed by atoms with Crippen LogP contribution >= 0.6 is 0 Å². The molecule has 0 unspecified atom stereocenters. The van der Waals surface area contributed by atoms with Gasteiger partial charge in [-0.05, 0) is 18.2 Å². The number of nitrogens with zero attached hydrogens (tertiary/aromatic N) is 1. The molecule has 0 spiro atoms. The lowest BCUT2D eigenvalue weighted by molar-refractivity contribution is -0.118. The van der Waals surface area contributed by atoms with Crippen molar-refractivity contribution >= 4 is 22.4 Å².